The number of ether oxygens (including phenoxy) is 3. The third kappa shape index (κ3) is 3.03. The highest BCUT2D eigenvalue weighted by Crippen LogP contribution is 2.51. The Kier molecular flexibility index (Phi) is 4.31. The molecule has 1 amide bonds. The zero-order valence-electron chi connectivity index (χ0n) is 16.3. The first-order valence-corrected chi connectivity index (χ1v) is 9.62. The highest BCUT2D eigenvalue weighted by atomic mass is 19.1. The minimum atomic E-state index is -0.617. The van der Waals surface area contributed by atoms with Crippen LogP contribution in [0.15, 0.2) is 54.6 Å². The largest absolute Gasteiger partial charge is 0.496 e. The Morgan fingerprint density at radius 1 is 1.10 bits per heavy atom. The first-order chi connectivity index (χ1) is 14.6. The van der Waals surface area contributed by atoms with Gasteiger partial charge in [0.1, 0.15) is 17.4 Å². The number of carbonyl (C=O) groups excluding carboxylic acids is 1. The molecule has 0 saturated heterocycles. The van der Waals surface area contributed by atoms with Crippen molar-refractivity contribution in [3.8, 4) is 28.5 Å². The van der Waals surface area contributed by atoms with E-state index in [0.717, 1.165) is 18.4 Å². The summed E-state index contributed by atoms with van der Waals surface area (Å²) in [7, 11) is 1.48. The van der Waals surface area contributed by atoms with Crippen molar-refractivity contribution >= 4 is 11.7 Å². The minimum absolute atomic E-state index is 0.147. The molecule has 1 aromatic heterocycles. The summed E-state index contributed by atoms with van der Waals surface area (Å²) in [5.74, 6) is 1.48. The zero-order chi connectivity index (χ0) is 20.7. The lowest BCUT2D eigenvalue weighted by Crippen LogP contribution is -2.28. The van der Waals surface area contributed by atoms with Gasteiger partial charge in [0.2, 0.25) is 12.7 Å². The predicted molar refractivity (Wildman–Crippen MR) is 108 cm³/mol. The third-order valence-electron chi connectivity index (χ3n) is 5.55. The number of fused-ring (bicyclic) bond motifs is 1. The first kappa shape index (κ1) is 18.4. The van der Waals surface area contributed by atoms with Crippen LogP contribution >= 0.6 is 0 Å². The van der Waals surface area contributed by atoms with Gasteiger partial charge >= 0.3 is 0 Å². The Hall–Kier alpha value is -3.61. The van der Waals surface area contributed by atoms with Crippen molar-refractivity contribution in [3.63, 3.8) is 0 Å². The lowest BCUT2D eigenvalue weighted by atomic mass is 9.94. The van der Waals surface area contributed by atoms with E-state index >= 15 is 0 Å². The smallest absolute Gasteiger partial charge is 0.236 e. The van der Waals surface area contributed by atoms with Gasteiger partial charge in [-0.05, 0) is 54.8 Å². The van der Waals surface area contributed by atoms with E-state index in [-0.39, 0.29) is 18.3 Å². The van der Waals surface area contributed by atoms with Crippen LogP contribution in [0.1, 0.15) is 18.4 Å². The average Bonchev–Trinajstić information content (AvgIpc) is 3.44. The van der Waals surface area contributed by atoms with E-state index in [4.69, 9.17) is 14.2 Å². The van der Waals surface area contributed by atoms with E-state index in [0.29, 0.717) is 28.8 Å². The number of hydrogen-bond donors (Lipinski definition) is 1. The predicted octanol–water partition coefficient (Wildman–Crippen LogP) is 4.30. The lowest BCUT2D eigenvalue weighted by molar-refractivity contribution is -0.118. The maximum Gasteiger partial charge on any atom is 0.236 e. The second-order valence-electron chi connectivity index (χ2n) is 7.33. The quantitative estimate of drug-likeness (QED) is 0.684. The first-order valence-electron chi connectivity index (χ1n) is 9.62. The number of hydrogen-bond acceptors (Lipinski definition) is 5. The van der Waals surface area contributed by atoms with Gasteiger partial charge < -0.3 is 19.5 Å². The normalized spacial score (nSPS) is 15.5. The number of anilines is 1. The topological polar surface area (TPSA) is 69.7 Å². The van der Waals surface area contributed by atoms with Crippen LogP contribution in [0.25, 0.3) is 11.3 Å². The second-order valence-corrected chi connectivity index (χ2v) is 7.33. The molecule has 2 aliphatic rings. The summed E-state index contributed by atoms with van der Waals surface area (Å²) in [4.78, 5) is 17.6. The van der Waals surface area contributed by atoms with Gasteiger partial charge in [-0.2, -0.15) is 0 Å². The molecule has 1 aliphatic heterocycles. The van der Waals surface area contributed by atoms with Gasteiger partial charge in [-0.15, -0.1) is 0 Å². The SMILES string of the molecule is COc1cccc(F)c1-c1cccc(NC(=O)C2(c3ccc4c(c3)OCO4)CC2)n1. The second kappa shape index (κ2) is 7.02. The summed E-state index contributed by atoms with van der Waals surface area (Å²) >= 11 is 0. The van der Waals surface area contributed by atoms with Crippen LogP contribution in [0.2, 0.25) is 0 Å². The van der Waals surface area contributed by atoms with Crippen LogP contribution in [0.5, 0.6) is 17.2 Å². The summed E-state index contributed by atoms with van der Waals surface area (Å²) < 4.78 is 30.5. The maximum atomic E-state index is 14.4. The molecule has 2 heterocycles. The van der Waals surface area contributed by atoms with Crippen LogP contribution in [0.3, 0.4) is 0 Å². The number of nitrogens with zero attached hydrogens (tertiary/aromatic N) is 1. The van der Waals surface area contributed by atoms with Crippen LogP contribution in [0.4, 0.5) is 10.2 Å². The van der Waals surface area contributed by atoms with E-state index in [1.54, 1.807) is 30.3 Å². The molecule has 5 rings (SSSR count). The number of pyridine rings is 1. The summed E-state index contributed by atoms with van der Waals surface area (Å²) in [6, 6.07) is 15.3. The fraction of sp³-hybridized carbons (Fsp3) is 0.217. The van der Waals surface area contributed by atoms with Gasteiger partial charge in [-0.1, -0.05) is 18.2 Å². The number of rotatable bonds is 5. The number of nitrogens with one attached hydrogen (secondary N) is 1. The molecule has 2 aromatic carbocycles. The number of methoxy groups -OCH3 is 1. The average molecular weight is 406 g/mol. The number of carbonyl (C=O) groups is 1. The summed E-state index contributed by atoms with van der Waals surface area (Å²) in [6.07, 6.45) is 1.47. The lowest BCUT2D eigenvalue weighted by Gasteiger charge is -2.16. The molecule has 0 atom stereocenters. The van der Waals surface area contributed by atoms with Crippen LogP contribution in [0, 0.1) is 5.82 Å². The highest BCUT2D eigenvalue weighted by molar-refractivity contribution is 6.01. The van der Waals surface area contributed by atoms with E-state index in [1.807, 2.05) is 18.2 Å². The molecule has 3 aromatic rings. The van der Waals surface area contributed by atoms with Crippen LogP contribution in [-0.2, 0) is 10.2 Å². The van der Waals surface area contributed by atoms with Crippen molar-refractivity contribution in [2.45, 2.75) is 18.3 Å². The van der Waals surface area contributed by atoms with E-state index < -0.39 is 11.2 Å². The van der Waals surface area contributed by atoms with Gasteiger partial charge in [0.25, 0.3) is 0 Å². The molecule has 0 bridgehead atoms. The number of amides is 1. The Balaban J connectivity index is 1.42. The monoisotopic (exact) mass is 406 g/mol. The van der Waals surface area contributed by atoms with Gasteiger partial charge in [0, 0.05) is 0 Å². The molecule has 1 N–H and O–H groups in total. The van der Waals surface area contributed by atoms with Crippen molar-refractivity contribution in [1.82, 2.24) is 4.98 Å². The number of halogens is 1. The molecule has 0 radical (unpaired) electrons. The van der Waals surface area contributed by atoms with Gasteiger partial charge in [-0.25, -0.2) is 9.37 Å². The van der Waals surface area contributed by atoms with Crippen molar-refractivity contribution in [3.05, 3.63) is 66.0 Å². The molecular formula is C23H19FN2O4. The molecular weight excluding hydrogens is 387 g/mol. The Bertz CT molecular complexity index is 1140. The zero-order valence-corrected chi connectivity index (χ0v) is 16.3. The summed E-state index contributed by atoms with van der Waals surface area (Å²) in [5, 5.41) is 2.89. The fourth-order valence-corrected chi connectivity index (χ4v) is 3.77. The Morgan fingerprint density at radius 3 is 2.70 bits per heavy atom. The van der Waals surface area contributed by atoms with Crippen molar-refractivity contribution < 1.29 is 23.4 Å². The summed E-state index contributed by atoms with van der Waals surface area (Å²) in [5.41, 5.74) is 0.911. The third-order valence-corrected chi connectivity index (χ3v) is 5.55. The molecule has 0 unspecified atom stereocenters. The van der Waals surface area contributed by atoms with Crippen LogP contribution < -0.4 is 19.5 Å². The molecule has 1 fully saturated rings. The summed E-state index contributed by atoms with van der Waals surface area (Å²) in [6.45, 7) is 0.189. The molecule has 30 heavy (non-hydrogen) atoms. The van der Waals surface area contributed by atoms with Gasteiger partial charge in [0.15, 0.2) is 11.5 Å². The Labute approximate surface area is 172 Å². The van der Waals surface area contributed by atoms with Crippen molar-refractivity contribution in [2.75, 3.05) is 19.2 Å². The molecule has 7 heteroatoms. The highest BCUT2D eigenvalue weighted by Gasteiger charge is 2.51. The Morgan fingerprint density at radius 2 is 1.90 bits per heavy atom. The fourth-order valence-electron chi connectivity index (χ4n) is 3.77. The molecule has 152 valence electrons. The molecule has 0 spiro atoms. The van der Waals surface area contributed by atoms with E-state index in [2.05, 4.69) is 10.3 Å². The number of benzene rings is 2. The van der Waals surface area contributed by atoms with E-state index in [9.17, 15) is 9.18 Å². The van der Waals surface area contributed by atoms with Gasteiger partial charge in [-0.3, -0.25) is 4.79 Å². The number of aromatic nitrogens is 1. The van der Waals surface area contributed by atoms with E-state index in [1.165, 1.54) is 13.2 Å². The van der Waals surface area contributed by atoms with Crippen LogP contribution in [-0.4, -0.2) is 24.8 Å². The molecule has 6 nitrogen and oxygen atoms in total. The molecule has 1 aliphatic carbocycles. The standard InChI is InChI=1S/C23H19FN2O4/c1-28-18-6-2-4-15(24)21(18)16-5-3-7-20(25-16)26-22(27)23(10-11-23)14-8-9-17-19(12-14)30-13-29-17/h2-9,12H,10-11,13H2,1H3,(H,25,26,27). The van der Waals surface area contributed by atoms with Crippen molar-refractivity contribution in [2.24, 2.45) is 0 Å². The van der Waals surface area contributed by atoms with Gasteiger partial charge in [0.05, 0.1) is 23.8 Å². The minimum Gasteiger partial charge on any atom is -0.496 e. The van der Waals surface area contributed by atoms with Crippen molar-refractivity contribution in [1.29, 1.82) is 0 Å². The maximum absolute atomic E-state index is 14.4. The molecule has 1 saturated carbocycles.